The van der Waals surface area contributed by atoms with E-state index < -0.39 is 4.92 Å². The molecule has 0 aliphatic carbocycles. The second kappa shape index (κ2) is 10.8. The first kappa shape index (κ1) is 22.6. The van der Waals surface area contributed by atoms with Crippen LogP contribution in [-0.4, -0.2) is 47.9 Å². The normalized spacial score (nSPS) is 15.3. The Balaban J connectivity index is 1.91. The molecule has 1 aromatic carbocycles. The SMILES string of the molecule is CCC[C@@H](CCC(C)C)C(=O)NC(=O)N1CCN(c2ccccc2[N+](=O)[O-])CC1. The van der Waals surface area contributed by atoms with Gasteiger partial charge in [0, 0.05) is 38.2 Å². The molecule has 1 N–H and O–H groups in total. The molecule has 1 aliphatic rings. The number of hydrogen-bond acceptors (Lipinski definition) is 5. The van der Waals surface area contributed by atoms with Crippen molar-refractivity contribution in [1.29, 1.82) is 0 Å². The Kier molecular flexibility index (Phi) is 8.42. The zero-order valence-corrected chi connectivity index (χ0v) is 17.6. The third-order valence-electron chi connectivity index (χ3n) is 5.32. The van der Waals surface area contributed by atoms with Gasteiger partial charge in [-0.3, -0.25) is 20.2 Å². The standard InChI is InChI=1S/C21H32N4O4/c1-4-7-17(11-10-16(2)3)20(26)22-21(27)24-14-12-23(13-15-24)18-8-5-6-9-19(18)25(28)29/h5-6,8-9,16-17H,4,7,10-15H2,1-3H3,(H,22,26,27)/t17-/m0/s1. The number of nitrogens with one attached hydrogen (secondary N) is 1. The maximum absolute atomic E-state index is 12.6. The van der Waals surface area contributed by atoms with Crippen molar-refractivity contribution < 1.29 is 14.5 Å². The summed E-state index contributed by atoms with van der Waals surface area (Å²) in [5, 5.41) is 13.8. The van der Waals surface area contributed by atoms with Gasteiger partial charge in [-0.15, -0.1) is 0 Å². The predicted molar refractivity (Wildman–Crippen MR) is 113 cm³/mol. The number of carbonyl (C=O) groups excluding carboxylic acids is 2. The number of urea groups is 1. The van der Waals surface area contributed by atoms with Crippen molar-refractivity contribution in [3.63, 3.8) is 0 Å². The van der Waals surface area contributed by atoms with E-state index in [4.69, 9.17) is 0 Å². The zero-order valence-electron chi connectivity index (χ0n) is 17.6. The van der Waals surface area contributed by atoms with E-state index in [0.29, 0.717) is 37.8 Å². The lowest BCUT2D eigenvalue weighted by atomic mass is 9.93. The van der Waals surface area contributed by atoms with Crippen LogP contribution < -0.4 is 10.2 Å². The van der Waals surface area contributed by atoms with Crippen molar-refractivity contribution in [2.45, 2.75) is 46.5 Å². The van der Waals surface area contributed by atoms with Crippen LogP contribution in [0.1, 0.15) is 46.5 Å². The predicted octanol–water partition coefficient (Wildman–Crippen LogP) is 3.81. The summed E-state index contributed by atoms with van der Waals surface area (Å²) in [6.45, 7) is 8.09. The minimum Gasteiger partial charge on any atom is -0.362 e. The van der Waals surface area contributed by atoms with Crippen LogP contribution in [0.4, 0.5) is 16.2 Å². The lowest BCUT2D eigenvalue weighted by Crippen LogP contribution is -2.53. The van der Waals surface area contributed by atoms with Gasteiger partial charge in [0.2, 0.25) is 5.91 Å². The van der Waals surface area contributed by atoms with E-state index in [-0.39, 0.29) is 23.5 Å². The van der Waals surface area contributed by atoms with Gasteiger partial charge in [-0.25, -0.2) is 4.79 Å². The van der Waals surface area contributed by atoms with Gasteiger partial charge in [0.05, 0.1) is 4.92 Å². The summed E-state index contributed by atoms with van der Waals surface area (Å²) in [6.07, 6.45) is 3.42. The molecule has 1 atom stereocenters. The summed E-state index contributed by atoms with van der Waals surface area (Å²) in [4.78, 5) is 39.5. The summed E-state index contributed by atoms with van der Waals surface area (Å²) >= 11 is 0. The molecule has 160 valence electrons. The van der Waals surface area contributed by atoms with Gasteiger partial charge in [-0.1, -0.05) is 45.7 Å². The number of piperazine rings is 1. The monoisotopic (exact) mass is 404 g/mol. The first-order valence-electron chi connectivity index (χ1n) is 10.4. The number of hydrogen-bond donors (Lipinski definition) is 1. The summed E-state index contributed by atoms with van der Waals surface area (Å²) < 4.78 is 0. The first-order chi connectivity index (χ1) is 13.8. The van der Waals surface area contributed by atoms with E-state index in [2.05, 4.69) is 19.2 Å². The average Bonchev–Trinajstić information content (AvgIpc) is 2.70. The lowest BCUT2D eigenvalue weighted by Gasteiger charge is -2.35. The van der Waals surface area contributed by atoms with Crippen LogP contribution in [0, 0.1) is 22.0 Å². The van der Waals surface area contributed by atoms with E-state index in [1.54, 1.807) is 23.1 Å². The van der Waals surface area contributed by atoms with Crippen LogP contribution in [0.5, 0.6) is 0 Å². The van der Waals surface area contributed by atoms with Crippen molar-refractivity contribution in [2.75, 3.05) is 31.1 Å². The fraction of sp³-hybridized carbons (Fsp3) is 0.619. The van der Waals surface area contributed by atoms with E-state index in [1.165, 1.54) is 6.07 Å². The molecule has 3 amide bonds. The molecular weight excluding hydrogens is 372 g/mol. The maximum atomic E-state index is 12.6. The molecule has 29 heavy (non-hydrogen) atoms. The highest BCUT2D eigenvalue weighted by atomic mass is 16.6. The summed E-state index contributed by atoms with van der Waals surface area (Å²) in [5.41, 5.74) is 0.624. The van der Waals surface area contributed by atoms with Crippen LogP contribution in [-0.2, 0) is 4.79 Å². The smallest absolute Gasteiger partial charge is 0.324 e. The number of carbonyl (C=O) groups is 2. The number of rotatable bonds is 8. The maximum Gasteiger partial charge on any atom is 0.324 e. The van der Waals surface area contributed by atoms with Crippen molar-refractivity contribution in [3.8, 4) is 0 Å². The van der Waals surface area contributed by atoms with Gasteiger partial charge in [-0.2, -0.15) is 0 Å². The summed E-state index contributed by atoms with van der Waals surface area (Å²) in [6, 6.07) is 6.25. The third-order valence-corrected chi connectivity index (χ3v) is 5.32. The van der Waals surface area contributed by atoms with Gasteiger partial charge in [0.15, 0.2) is 0 Å². The highest BCUT2D eigenvalue weighted by molar-refractivity contribution is 5.95. The Labute approximate surface area is 172 Å². The van der Waals surface area contributed by atoms with Crippen LogP contribution in [0.2, 0.25) is 0 Å². The summed E-state index contributed by atoms with van der Waals surface area (Å²) in [5.74, 6) is 0.186. The van der Waals surface area contributed by atoms with E-state index in [0.717, 1.165) is 25.7 Å². The molecule has 1 heterocycles. The van der Waals surface area contributed by atoms with Crippen molar-refractivity contribution >= 4 is 23.3 Å². The van der Waals surface area contributed by atoms with Crippen molar-refractivity contribution in [2.24, 2.45) is 11.8 Å². The quantitative estimate of drug-likeness (QED) is 0.525. The number of amides is 3. The second-order valence-corrected chi connectivity index (χ2v) is 7.97. The van der Waals surface area contributed by atoms with Gasteiger partial charge in [-0.05, 0) is 24.8 Å². The fourth-order valence-electron chi connectivity index (χ4n) is 3.61. The minimum absolute atomic E-state index is 0.0631. The Hall–Kier alpha value is -2.64. The molecule has 0 radical (unpaired) electrons. The molecule has 1 aromatic rings. The number of anilines is 1. The average molecular weight is 405 g/mol. The molecule has 0 bridgehead atoms. The highest BCUT2D eigenvalue weighted by Crippen LogP contribution is 2.28. The van der Waals surface area contributed by atoms with Gasteiger partial charge in [0.25, 0.3) is 5.69 Å². The second-order valence-electron chi connectivity index (χ2n) is 7.97. The number of nitro groups is 1. The summed E-state index contributed by atoms with van der Waals surface area (Å²) in [7, 11) is 0. The van der Waals surface area contributed by atoms with E-state index >= 15 is 0 Å². The van der Waals surface area contributed by atoms with Crippen molar-refractivity contribution in [1.82, 2.24) is 10.2 Å². The van der Waals surface area contributed by atoms with E-state index in [1.807, 2.05) is 11.8 Å². The third kappa shape index (κ3) is 6.44. The van der Waals surface area contributed by atoms with Crippen LogP contribution in [0.3, 0.4) is 0 Å². The molecule has 1 saturated heterocycles. The largest absolute Gasteiger partial charge is 0.362 e. The Morgan fingerprint density at radius 2 is 1.76 bits per heavy atom. The zero-order chi connectivity index (χ0) is 21.4. The molecule has 1 aliphatic heterocycles. The first-order valence-corrected chi connectivity index (χ1v) is 10.4. The molecule has 1 fully saturated rings. The van der Waals surface area contributed by atoms with E-state index in [9.17, 15) is 19.7 Å². The minimum atomic E-state index is -0.391. The van der Waals surface area contributed by atoms with Gasteiger partial charge < -0.3 is 9.80 Å². The highest BCUT2D eigenvalue weighted by Gasteiger charge is 2.27. The molecule has 0 saturated carbocycles. The van der Waals surface area contributed by atoms with Gasteiger partial charge >= 0.3 is 6.03 Å². The molecule has 8 heteroatoms. The number of imide groups is 1. The molecular formula is C21H32N4O4. The Morgan fingerprint density at radius 1 is 1.10 bits per heavy atom. The number of nitrogens with zero attached hydrogens (tertiary/aromatic N) is 3. The molecule has 8 nitrogen and oxygen atoms in total. The topological polar surface area (TPSA) is 95.8 Å². The Bertz CT molecular complexity index is 714. The molecule has 0 spiro atoms. The Morgan fingerprint density at radius 3 is 2.34 bits per heavy atom. The lowest BCUT2D eigenvalue weighted by molar-refractivity contribution is -0.384. The van der Waals surface area contributed by atoms with Crippen LogP contribution >= 0.6 is 0 Å². The number of nitro benzene ring substituents is 1. The van der Waals surface area contributed by atoms with Crippen LogP contribution in [0.15, 0.2) is 24.3 Å². The number of para-hydroxylation sites is 2. The van der Waals surface area contributed by atoms with Crippen molar-refractivity contribution in [3.05, 3.63) is 34.4 Å². The molecule has 2 rings (SSSR count). The molecule has 0 aromatic heterocycles. The molecule has 0 unspecified atom stereocenters. The fourth-order valence-corrected chi connectivity index (χ4v) is 3.61. The number of benzene rings is 1. The van der Waals surface area contributed by atoms with Gasteiger partial charge in [0.1, 0.15) is 5.69 Å². The van der Waals surface area contributed by atoms with Crippen LogP contribution in [0.25, 0.3) is 0 Å².